The molecule has 0 fully saturated rings. The highest BCUT2D eigenvalue weighted by molar-refractivity contribution is 5.87. The molecule has 0 aliphatic heterocycles. The van der Waals surface area contributed by atoms with E-state index >= 15 is 0 Å². The van der Waals surface area contributed by atoms with Crippen molar-refractivity contribution in [3.05, 3.63) is 28.8 Å². The predicted molar refractivity (Wildman–Crippen MR) is 49.8 cm³/mol. The topological polar surface area (TPSA) is 63.0 Å². The number of nitrogens with zero attached hydrogens (tertiary/aromatic N) is 2. The summed E-state index contributed by atoms with van der Waals surface area (Å²) >= 11 is 0. The average Bonchev–Trinajstić information content (AvgIpc) is 2.29. The molecule has 1 aromatic heterocycles. The molecule has 0 saturated heterocycles. The summed E-state index contributed by atoms with van der Waals surface area (Å²) in [7, 11) is 0. The third kappa shape index (κ3) is 2.72. The smallest absolute Gasteiger partial charge is 0.356 e. The fourth-order valence-corrected chi connectivity index (χ4v) is 1.09. The molecule has 0 N–H and O–H groups in total. The van der Waals surface area contributed by atoms with E-state index in [2.05, 4.69) is 9.72 Å². The van der Waals surface area contributed by atoms with Crippen molar-refractivity contribution in [2.24, 2.45) is 0 Å². The predicted octanol–water partition coefficient (Wildman–Crippen LogP) is 2.21. The lowest BCUT2D eigenvalue weighted by Gasteiger charge is -2.06. The van der Waals surface area contributed by atoms with Crippen LogP contribution in [0.5, 0.6) is 0 Å². The second-order valence-corrected chi connectivity index (χ2v) is 2.89. The fraction of sp³-hybridized carbons (Fsp3) is 0.300. The number of hydrogen-bond donors (Lipinski definition) is 0. The van der Waals surface area contributed by atoms with Crippen LogP contribution in [0.4, 0.5) is 13.2 Å². The molecule has 1 rings (SSSR count). The van der Waals surface area contributed by atoms with E-state index in [1.165, 1.54) is 13.0 Å². The second kappa shape index (κ2) is 5.30. The van der Waals surface area contributed by atoms with Crippen LogP contribution in [-0.2, 0) is 4.74 Å². The highest BCUT2D eigenvalue weighted by atomic mass is 19.3. The SMILES string of the molecule is CCOC(=O)c1cc(C(F)F)c(F)c(C#N)n1. The van der Waals surface area contributed by atoms with E-state index in [9.17, 15) is 18.0 Å². The van der Waals surface area contributed by atoms with E-state index in [-0.39, 0.29) is 6.61 Å². The van der Waals surface area contributed by atoms with Gasteiger partial charge in [0.15, 0.2) is 17.2 Å². The van der Waals surface area contributed by atoms with Gasteiger partial charge >= 0.3 is 5.97 Å². The maximum atomic E-state index is 13.2. The number of rotatable bonds is 3. The Balaban J connectivity index is 3.31. The summed E-state index contributed by atoms with van der Waals surface area (Å²) < 4.78 is 42.6. The Kier molecular flexibility index (Phi) is 4.04. The largest absolute Gasteiger partial charge is 0.461 e. The van der Waals surface area contributed by atoms with Gasteiger partial charge in [0.1, 0.15) is 6.07 Å². The average molecular weight is 244 g/mol. The number of alkyl halides is 2. The molecule has 90 valence electrons. The van der Waals surface area contributed by atoms with Crippen LogP contribution in [-0.4, -0.2) is 17.6 Å². The molecule has 1 aromatic rings. The Labute approximate surface area is 94.6 Å². The first-order valence-corrected chi connectivity index (χ1v) is 4.57. The molecule has 0 amide bonds. The number of nitriles is 1. The molecule has 7 heteroatoms. The molecule has 0 spiro atoms. The van der Waals surface area contributed by atoms with Crippen molar-refractivity contribution in [2.75, 3.05) is 6.61 Å². The van der Waals surface area contributed by atoms with Crippen molar-refractivity contribution in [3.8, 4) is 6.07 Å². The van der Waals surface area contributed by atoms with Crippen molar-refractivity contribution in [1.29, 1.82) is 5.26 Å². The van der Waals surface area contributed by atoms with E-state index in [1.807, 2.05) is 0 Å². The Bertz CT molecular complexity index is 483. The molecule has 0 unspecified atom stereocenters. The summed E-state index contributed by atoms with van der Waals surface area (Å²) in [5.74, 6) is -2.40. The minimum atomic E-state index is -3.14. The molecule has 0 bridgehead atoms. The van der Waals surface area contributed by atoms with E-state index < -0.39 is 35.2 Å². The molecule has 0 aliphatic rings. The molecule has 0 radical (unpaired) electrons. The molecule has 0 aromatic carbocycles. The number of esters is 1. The van der Waals surface area contributed by atoms with Gasteiger partial charge in [0, 0.05) is 0 Å². The summed E-state index contributed by atoms with van der Waals surface area (Å²) in [6.45, 7) is 1.53. The zero-order chi connectivity index (χ0) is 13.0. The standard InChI is InChI=1S/C10H7F3N2O2/c1-2-17-10(16)6-3-5(9(12)13)8(11)7(4-14)15-6/h3,9H,2H2,1H3. The lowest BCUT2D eigenvalue weighted by molar-refractivity contribution is 0.0518. The molecule has 0 saturated carbocycles. The van der Waals surface area contributed by atoms with E-state index in [0.717, 1.165) is 0 Å². The van der Waals surface area contributed by atoms with Crippen molar-refractivity contribution in [3.63, 3.8) is 0 Å². The third-order valence-corrected chi connectivity index (χ3v) is 1.81. The zero-order valence-corrected chi connectivity index (χ0v) is 8.71. The van der Waals surface area contributed by atoms with Crippen molar-refractivity contribution < 1.29 is 22.7 Å². The molecule has 0 atom stereocenters. The van der Waals surface area contributed by atoms with Crippen LogP contribution in [0, 0.1) is 17.1 Å². The summed E-state index contributed by atoms with van der Waals surface area (Å²) in [5, 5.41) is 8.51. The van der Waals surface area contributed by atoms with Gasteiger partial charge in [-0.1, -0.05) is 0 Å². The van der Waals surface area contributed by atoms with E-state index in [4.69, 9.17) is 5.26 Å². The number of hydrogen-bond acceptors (Lipinski definition) is 4. The van der Waals surface area contributed by atoms with Gasteiger partial charge in [-0.05, 0) is 13.0 Å². The van der Waals surface area contributed by atoms with Gasteiger partial charge in [-0.3, -0.25) is 0 Å². The fourth-order valence-electron chi connectivity index (χ4n) is 1.09. The Hall–Kier alpha value is -2.10. The lowest BCUT2D eigenvalue weighted by Crippen LogP contribution is -2.11. The van der Waals surface area contributed by atoms with Crippen LogP contribution in [0.25, 0.3) is 0 Å². The Morgan fingerprint density at radius 1 is 1.65 bits per heavy atom. The second-order valence-electron chi connectivity index (χ2n) is 2.89. The molecule has 17 heavy (non-hydrogen) atoms. The van der Waals surface area contributed by atoms with Crippen LogP contribution in [0.2, 0.25) is 0 Å². The minimum absolute atomic E-state index is 0.0176. The summed E-state index contributed by atoms with van der Waals surface area (Å²) in [6, 6.07) is 1.88. The first-order valence-electron chi connectivity index (χ1n) is 4.57. The summed E-state index contributed by atoms with van der Waals surface area (Å²) in [6.07, 6.45) is -3.14. The summed E-state index contributed by atoms with van der Waals surface area (Å²) in [4.78, 5) is 14.5. The highest BCUT2D eigenvalue weighted by Gasteiger charge is 2.22. The van der Waals surface area contributed by atoms with Gasteiger partial charge < -0.3 is 4.74 Å². The van der Waals surface area contributed by atoms with Gasteiger partial charge in [-0.2, -0.15) is 5.26 Å². The first-order chi connectivity index (χ1) is 8.01. The number of aromatic nitrogens is 1. The zero-order valence-electron chi connectivity index (χ0n) is 8.71. The van der Waals surface area contributed by atoms with Crippen molar-refractivity contribution in [1.82, 2.24) is 4.98 Å². The van der Waals surface area contributed by atoms with Gasteiger partial charge in [0.25, 0.3) is 6.43 Å². The van der Waals surface area contributed by atoms with Crippen LogP contribution in [0.15, 0.2) is 6.07 Å². The molecule has 1 heterocycles. The van der Waals surface area contributed by atoms with Crippen LogP contribution >= 0.6 is 0 Å². The number of pyridine rings is 1. The van der Waals surface area contributed by atoms with Crippen molar-refractivity contribution in [2.45, 2.75) is 13.3 Å². The van der Waals surface area contributed by atoms with Gasteiger partial charge in [0.05, 0.1) is 12.2 Å². The van der Waals surface area contributed by atoms with E-state index in [0.29, 0.717) is 6.07 Å². The van der Waals surface area contributed by atoms with Crippen molar-refractivity contribution >= 4 is 5.97 Å². The lowest BCUT2D eigenvalue weighted by atomic mass is 10.2. The highest BCUT2D eigenvalue weighted by Crippen LogP contribution is 2.24. The van der Waals surface area contributed by atoms with Gasteiger partial charge in [0.2, 0.25) is 0 Å². The molecular formula is C10H7F3N2O2. The number of carbonyl (C=O) groups excluding carboxylic acids is 1. The monoisotopic (exact) mass is 244 g/mol. The number of halogens is 3. The number of ether oxygens (including phenoxy) is 1. The normalized spacial score (nSPS) is 10.1. The Morgan fingerprint density at radius 3 is 2.76 bits per heavy atom. The third-order valence-electron chi connectivity index (χ3n) is 1.81. The van der Waals surface area contributed by atoms with E-state index in [1.54, 1.807) is 0 Å². The molecule has 4 nitrogen and oxygen atoms in total. The minimum Gasteiger partial charge on any atom is -0.461 e. The summed E-state index contributed by atoms with van der Waals surface area (Å²) in [5.41, 5.74) is -2.41. The quantitative estimate of drug-likeness (QED) is 0.764. The van der Waals surface area contributed by atoms with Crippen LogP contribution < -0.4 is 0 Å². The molecular weight excluding hydrogens is 237 g/mol. The molecule has 0 aliphatic carbocycles. The van der Waals surface area contributed by atoms with Gasteiger partial charge in [-0.15, -0.1) is 0 Å². The van der Waals surface area contributed by atoms with Crippen LogP contribution in [0.1, 0.15) is 35.1 Å². The number of carbonyl (C=O) groups is 1. The van der Waals surface area contributed by atoms with Crippen LogP contribution in [0.3, 0.4) is 0 Å². The first kappa shape index (κ1) is 13.0. The maximum Gasteiger partial charge on any atom is 0.356 e. The van der Waals surface area contributed by atoms with Gasteiger partial charge in [-0.25, -0.2) is 22.9 Å². The maximum absolute atomic E-state index is 13.2. The Morgan fingerprint density at radius 2 is 2.29 bits per heavy atom.